The van der Waals surface area contributed by atoms with Gasteiger partial charge in [-0.05, 0) is 17.7 Å². The van der Waals surface area contributed by atoms with Crippen LogP contribution in [-0.4, -0.2) is 13.3 Å². The van der Waals surface area contributed by atoms with Gasteiger partial charge in [0.1, 0.15) is 6.04 Å². The molecule has 2 N–H and O–H groups in total. The van der Waals surface area contributed by atoms with Crippen molar-refractivity contribution in [3.05, 3.63) is 29.6 Å². The van der Waals surface area contributed by atoms with E-state index in [1.165, 1.54) is 7.11 Å². The van der Waals surface area contributed by atoms with Crippen molar-refractivity contribution in [2.24, 2.45) is 5.73 Å². The van der Waals surface area contributed by atoms with E-state index in [1.54, 1.807) is 0 Å². The number of methoxy groups -OCH3 is 1. The number of benzene rings is 1. The van der Waals surface area contributed by atoms with E-state index in [1.807, 2.05) is 0 Å². The van der Waals surface area contributed by atoms with Crippen LogP contribution >= 0.6 is 0 Å². The van der Waals surface area contributed by atoms with Gasteiger partial charge in [0.05, 0.1) is 7.11 Å². The van der Waals surface area contributed by atoms with Crippen molar-refractivity contribution in [2.45, 2.75) is 12.2 Å². The standard InChI is InChI=1S/C9H9F4NO/c1-15-7-4-5(2-3-6(7)10)8(14)9(11,12)13/h2-4,8H,14H2,1H3/t8-/m0/s1. The molecule has 0 aromatic heterocycles. The second-order valence-corrected chi connectivity index (χ2v) is 2.91. The fourth-order valence-corrected chi connectivity index (χ4v) is 1.06. The van der Waals surface area contributed by atoms with Crippen LogP contribution in [0.25, 0.3) is 0 Å². The fraction of sp³-hybridized carbons (Fsp3) is 0.333. The molecule has 0 saturated carbocycles. The highest BCUT2D eigenvalue weighted by atomic mass is 19.4. The molecule has 0 fully saturated rings. The Labute approximate surface area is 83.6 Å². The van der Waals surface area contributed by atoms with Crippen molar-refractivity contribution < 1.29 is 22.3 Å². The van der Waals surface area contributed by atoms with Crippen LogP contribution in [0.4, 0.5) is 17.6 Å². The zero-order valence-electron chi connectivity index (χ0n) is 7.81. The van der Waals surface area contributed by atoms with E-state index >= 15 is 0 Å². The van der Waals surface area contributed by atoms with Gasteiger partial charge in [-0.15, -0.1) is 0 Å². The van der Waals surface area contributed by atoms with Crippen molar-refractivity contribution in [3.8, 4) is 5.75 Å². The summed E-state index contributed by atoms with van der Waals surface area (Å²) in [6.45, 7) is 0. The van der Waals surface area contributed by atoms with Crippen molar-refractivity contribution in [3.63, 3.8) is 0 Å². The lowest BCUT2D eigenvalue weighted by Crippen LogP contribution is -2.28. The molecule has 1 aromatic rings. The molecule has 0 aliphatic heterocycles. The number of hydrogen-bond donors (Lipinski definition) is 1. The summed E-state index contributed by atoms with van der Waals surface area (Å²) in [5.41, 5.74) is 4.71. The Morgan fingerprint density at radius 1 is 1.33 bits per heavy atom. The van der Waals surface area contributed by atoms with Gasteiger partial charge < -0.3 is 10.5 Å². The van der Waals surface area contributed by atoms with Crippen LogP contribution in [-0.2, 0) is 0 Å². The highest BCUT2D eigenvalue weighted by Gasteiger charge is 2.38. The second kappa shape index (κ2) is 4.06. The van der Waals surface area contributed by atoms with Gasteiger partial charge in [-0.3, -0.25) is 0 Å². The molecule has 0 unspecified atom stereocenters. The summed E-state index contributed by atoms with van der Waals surface area (Å²) in [4.78, 5) is 0. The molecule has 1 atom stereocenters. The van der Waals surface area contributed by atoms with Crippen molar-refractivity contribution in [1.82, 2.24) is 0 Å². The summed E-state index contributed by atoms with van der Waals surface area (Å²) in [5, 5.41) is 0. The molecule has 0 heterocycles. The summed E-state index contributed by atoms with van der Waals surface area (Å²) >= 11 is 0. The van der Waals surface area contributed by atoms with Crippen molar-refractivity contribution in [2.75, 3.05) is 7.11 Å². The minimum atomic E-state index is -4.55. The van der Waals surface area contributed by atoms with Crippen LogP contribution in [0.1, 0.15) is 11.6 Å². The monoisotopic (exact) mass is 223 g/mol. The molecule has 6 heteroatoms. The first-order valence-electron chi connectivity index (χ1n) is 4.02. The van der Waals surface area contributed by atoms with Crippen molar-refractivity contribution in [1.29, 1.82) is 0 Å². The first-order valence-corrected chi connectivity index (χ1v) is 4.02. The maximum Gasteiger partial charge on any atom is 0.407 e. The molecule has 2 nitrogen and oxygen atoms in total. The number of ether oxygens (including phenoxy) is 1. The van der Waals surface area contributed by atoms with E-state index in [2.05, 4.69) is 4.74 Å². The third kappa shape index (κ3) is 2.59. The molecule has 1 rings (SSSR count). The molecular weight excluding hydrogens is 214 g/mol. The van der Waals surface area contributed by atoms with Gasteiger partial charge in [0.25, 0.3) is 0 Å². The number of hydrogen-bond acceptors (Lipinski definition) is 2. The molecule has 0 amide bonds. The Morgan fingerprint density at radius 3 is 2.40 bits per heavy atom. The fourth-order valence-electron chi connectivity index (χ4n) is 1.06. The van der Waals surface area contributed by atoms with Gasteiger partial charge in [-0.25, -0.2) is 4.39 Å². The van der Waals surface area contributed by atoms with Crippen molar-refractivity contribution >= 4 is 0 Å². The van der Waals surface area contributed by atoms with E-state index in [0.717, 1.165) is 18.2 Å². The van der Waals surface area contributed by atoms with E-state index in [9.17, 15) is 17.6 Å². The van der Waals surface area contributed by atoms with Gasteiger partial charge in [0.15, 0.2) is 11.6 Å². The molecule has 0 aliphatic carbocycles. The highest BCUT2D eigenvalue weighted by Crippen LogP contribution is 2.32. The number of halogens is 4. The molecule has 84 valence electrons. The third-order valence-corrected chi connectivity index (χ3v) is 1.89. The topological polar surface area (TPSA) is 35.2 Å². The predicted molar refractivity (Wildman–Crippen MR) is 45.9 cm³/mol. The van der Waals surface area contributed by atoms with Crippen LogP contribution in [0.3, 0.4) is 0 Å². The minimum absolute atomic E-state index is 0.235. The van der Waals surface area contributed by atoms with Crippen LogP contribution in [0, 0.1) is 5.82 Å². The van der Waals surface area contributed by atoms with Crippen LogP contribution in [0.5, 0.6) is 5.75 Å². The highest BCUT2D eigenvalue weighted by molar-refractivity contribution is 5.32. The first-order chi connectivity index (χ1) is 6.86. The number of nitrogens with two attached hydrogens (primary N) is 1. The van der Waals surface area contributed by atoms with Crippen LogP contribution in [0.2, 0.25) is 0 Å². The Kier molecular flexibility index (Phi) is 3.18. The van der Waals surface area contributed by atoms with Gasteiger partial charge in [-0.2, -0.15) is 13.2 Å². The lowest BCUT2D eigenvalue weighted by Gasteiger charge is -2.16. The largest absolute Gasteiger partial charge is 0.494 e. The van der Waals surface area contributed by atoms with Crippen LogP contribution in [0.15, 0.2) is 18.2 Å². The number of rotatable bonds is 2. The summed E-state index contributed by atoms with van der Waals surface area (Å²) in [7, 11) is 1.17. The maximum atomic E-state index is 12.9. The molecule has 0 radical (unpaired) electrons. The first kappa shape index (κ1) is 11.8. The maximum absolute atomic E-state index is 12.9. The quantitative estimate of drug-likeness (QED) is 0.781. The lowest BCUT2D eigenvalue weighted by molar-refractivity contribution is -0.149. The van der Waals surface area contributed by atoms with E-state index in [0.29, 0.717) is 0 Å². The van der Waals surface area contributed by atoms with Gasteiger partial charge in [0.2, 0.25) is 0 Å². The van der Waals surface area contributed by atoms with E-state index in [-0.39, 0.29) is 11.3 Å². The summed E-state index contributed by atoms with van der Waals surface area (Å²) in [6, 6.07) is 0.676. The Morgan fingerprint density at radius 2 is 1.93 bits per heavy atom. The van der Waals surface area contributed by atoms with E-state index in [4.69, 9.17) is 5.73 Å². The molecular formula is C9H9F4NO. The molecule has 15 heavy (non-hydrogen) atoms. The smallest absolute Gasteiger partial charge is 0.407 e. The zero-order valence-corrected chi connectivity index (χ0v) is 7.81. The second-order valence-electron chi connectivity index (χ2n) is 2.91. The van der Waals surface area contributed by atoms with Gasteiger partial charge in [-0.1, -0.05) is 6.07 Å². The molecule has 0 aliphatic rings. The average Bonchev–Trinajstić information content (AvgIpc) is 2.16. The molecule has 0 saturated heterocycles. The zero-order chi connectivity index (χ0) is 11.6. The Balaban J connectivity index is 3.06. The van der Waals surface area contributed by atoms with E-state index < -0.39 is 18.0 Å². The number of alkyl halides is 3. The molecule has 1 aromatic carbocycles. The lowest BCUT2D eigenvalue weighted by atomic mass is 10.1. The Bertz CT molecular complexity index is 350. The van der Waals surface area contributed by atoms with Gasteiger partial charge in [0, 0.05) is 0 Å². The Hall–Kier alpha value is -1.30. The molecule has 0 bridgehead atoms. The SMILES string of the molecule is COc1cc([C@H](N)C(F)(F)F)ccc1F. The average molecular weight is 223 g/mol. The predicted octanol–water partition coefficient (Wildman–Crippen LogP) is 2.40. The van der Waals surface area contributed by atoms with Crippen LogP contribution < -0.4 is 10.5 Å². The van der Waals surface area contributed by atoms with Gasteiger partial charge >= 0.3 is 6.18 Å². The summed E-state index contributed by atoms with van der Waals surface area (Å²) < 4.78 is 54.1. The summed E-state index contributed by atoms with van der Waals surface area (Å²) in [6.07, 6.45) is -4.55. The normalized spacial score (nSPS) is 13.7. The summed E-state index contributed by atoms with van der Waals surface area (Å²) in [5.74, 6) is -0.983. The third-order valence-electron chi connectivity index (χ3n) is 1.89. The minimum Gasteiger partial charge on any atom is -0.494 e. The molecule has 0 spiro atoms.